The van der Waals surface area contributed by atoms with E-state index in [4.69, 9.17) is 9.97 Å². The molecular weight excluding hydrogens is 869 g/mol. The second-order valence-electron chi connectivity index (χ2n) is 20.1. The maximum absolute atomic E-state index is 5.35. The molecule has 72 heavy (non-hydrogen) atoms. The van der Waals surface area contributed by atoms with E-state index in [-0.39, 0.29) is 10.8 Å². The molecule has 0 aliphatic heterocycles. The summed E-state index contributed by atoms with van der Waals surface area (Å²) in [5.74, 6) is 0. The molecule has 0 saturated heterocycles. The topological polar surface area (TPSA) is 25.8 Å². The van der Waals surface area contributed by atoms with Crippen molar-refractivity contribution in [3.8, 4) is 78.1 Å². The Bertz CT molecular complexity index is 4100. The zero-order chi connectivity index (χ0) is 47.1. The molecular formula is C70H44N2. The third-order valence-electron chi connectivity index (χ3n) is 16.8. The summed E-state index contributed by atoms with van der Waals surface area (Å²) >= 11 is 0. The Morgan fingerprint density at radius 3 is 1.10 bits per heavy atom. The first-order valence-corrected chi connectivity index (χ1v) is 25.4. The fourth-order valence-electron chi connectivity index (χ4n) is 13.9. The van der Waals surface area contributed by atoms with Gasteiger partial charge in [-0.05, 0) is 148 Å². The standard InChI is InChI=1S/C70H44N2/c1-7-21-57-49(15-1)50-16-2-8-22-58(50)69(57)61-25-11-5-19-53(61)55-39-37-47(41-63(55)69)43-29-33-45(34-30-43)67-68(72-66-28-14-13-27-65(66)71-67)46-35-31-44(32-36-46)48-38-40-56-54-20-6-12-26-62(54)70(64(56)42-48)59-23-9-3-17-51(59)52-18-4-10-24-60(52)70/h1-11,13-25,27-42H,12,26H2. The Labute approximate surface area is 419 Å². The number of hydrogen-bond acceptors (Lipinski definition) is 2. The van der Waals surface area contributed by atoms with E-state index in [0.717, 1.165) is 46.4 Å². The molecule has 0 N–H and O–H groups in total. The molecule has 11 aromatic rings. The van der Waals surface area contributed by atoms with Gasteiger partial charge in [-0.15, -0.1) is 0 Å². The number of nitrogens with zero attached hydrogens (tertiary/aromatic N) is 2. The summed E-state index contributed by atoms with van der Waals surface area (Å²) in [6, 6.07) is 85.8. The summed E-state index contributed by atoms with van der Waals surface area (Å²) < 4.78 is 0. The number of fused-ring (bicyclic) bond motifs is 20. The van der Waals surface area contributed by atoms with Crippen molar-refractivity contribution >= 4 is 16.6 Å². The van der Waals surface area contributed by atoms with Gasteiger partial charge in [0.25, 0.3) is 0 Å². The van der Waals surface area contributed by atoms with E-state index in [9.17, 15) is 0 Å². The molecule has 1 aromatic heterocycles. The highest BCUT2D eigenvalue weighted by molar-refractivity contribution is 5.99. The fourth-order valence-corrected chi connectivity index (χ4v) is 13.9. The van der Waals surface area contributed by atoms with Gasteiger partial charge in [0.15, 0.2) is 0 Å². The number of aromatic nitrogens is 2. The van der Waals surface area contributed by atoms with Crippen molar-refractivity contribution in [3.05, 3.63) is 293 Å². The summed E-state index contributed by atoms with van der Waals surface area (Å²) in [7, 11) is 0. The van der Waals surface area contributed by atoms with Crippen molar-refractivity contribution in [2.75, 3.05) is 0 Å². The van der Waals surface area contributed by atoms with E-state index in [2.05, 4.69) is 231 Å². The van der Waals surface area contributed by atoms with Gasteiger partial charge in [-0.2, -0.15) is 0 Å². The summed E-state index contributed by atoms with van der Waals surface area (Å²) in [6.07, 6.45) is 6.86. The minimum atomic E-state index is -0.383. The minimum absolute atomic E-state index is 0.299. The van der Waals surface area contributed by atoms with E-state index in [0.29, 0.717) is 0 Å². The van der Waals surface area contributed by atoms with Crippen LogP contribution in [0.3, 0.4) is 0 Å². The average molecular weight is 913 g/mol. The molecule has 0 atom stereocenters. The van der Waals surface area contributed by atoms with Gasteiger partial charge < -0.3 is 0 Å². The monoisotopic (exact) mass is 912 g/mol. The molecule has 5 aliphatic rings. The number of para-hydroxylation sites is 2. The second-order valence-corrected chi connectivity index (χ2v) is 20.1. The molecule has 0 saturated carbocycles. The van der Waals surface area contributed by atoms with E-state index in [1.165, 1.54) is 111 Å². The SMILES string of the molecule is C1=CC2=C(CC1)C1(c3cc(-c4ccc(-c5nc6ccccc6nc5-c5ccc(-c6ccc7c(c6)C6(c8ccccc8-c8ccccc86)c6ccccc6-7)cc5)cc4)ccc32)c2ccccc2-c2ccccc21. The molecule has 0 radical (unpaired) electrons. The van der Waals surface area contributed by atoms with Gasteiger partial charge in [0, 0.05) is 11.1 Å². The summed E-state index contributed by atoms with van der Waals surface area (Å²) in [5.41, 5.74) is 31.5. The molecule has 1 heterocycles. The second kappa shape index (κ2) is 14.8. The predicted octanol–water partition coefficient (Wildman–Crippen LogP) is 17.1. The molecule has 0 bridgehead atoms. The summed E-state index contributed by atoms with van der Waals surface area (Å²) in [4.78, 5) is 10.7. The molecule has 0 unspecified atom stereocenters. The van der Waals surface area contributed by atoms with Crippen LogP contribution in [0.25, 0.3) is 94.8 Å². The summed E-state index contributed by atoms with van der Waals surface area (Å²) in [6.45, 7) is 0. The van der Waals surface area contributed by atoms with E-state index in [1.807, 2.05) is 12.1 Å². The molecule has 2 heteroatoms. The van der Waals surface area contributed by atoms with Crippen LogP contribution in [-0.4, -0.2) is 9.97 Å². The van der Waals surface area contributed by atoms with Crippen LogP contribution in [0.2, 0.25) is 0 Å². The quantitative estimate of drug-likeness (QED) is 0.176. The van der Waals surface area contributed by atoms with Crippen LogP contribution in [0, 0.1) is 0 Å². The smallest absolute Gasteiger partial charge is 0.0973 e. The zero-order valence-corrected chi connectivity index (χ0v) is 39.4. The number of hydrogen-bond donors (Lipinski definition) is 0. The van der Waals surface area contributed by atoms with Gasteiger partial charge in [-0.25, -0.2) is 9.97 Å². The molecule has 2 spiro atoms. The first-order valence-electron chi connectivity index (χ1n) is 25.4. The van der Waals surface area contributed by atoms with Crippen LogP contribution in [0.1, 0.15) is 57.3 Å². The van der Waals surface area contributed by atoms with Crippen molar-refractivity contribution < 1.29 is 0 Å². The van der Waals surface area contributed by atoms with Gasteiger partial charge in [0.05, 0.1) is 33.3 Å². The van der Waals surface area contributed by atoms with Crippen LogP contribution in [0.15, 0.2) is 248 Å². The van der Waals surface area contributed by atoms with Gasteiger partial charge in [0.2, 0.25) is 0 Å². The van der Waals surface area contributed by atoms with Crippen LogP contribution in [0.5, 0.6) is 0 Å². The zero-order valence-electron chi connectivity index (χ0n) is 39.4. The number of benzene rings is 10. The van der Waals surface area contributed by atoms with Gasteiger partial charge >= 0.3 is 0 Å². The first-order chi connectivity index (χ1) is 35.7. The predicted molar refractivity (Wildman–Crippen MR) is 295 cm³/mol. The van der Waals surface area contributed by atoms with Crippen molar-refractivity contribution in [1.82, 2.24) is 9.97 Å². The van der Waals surface area contributed by atoms with Gasteiger partial charge in [-0.3, -0.25) is 0 Å². The minimum Gasteiger partial charge on any atom is -0.244 e. The Hall–Kier alpha value is -8.98. The lowest BCUT2D eigenvalue weighted by Crippen LogP contribution is -2.27. The van der Waals surface area contributed by atoms with Crippen LogP contribution in [-0.2, 0) is 10.8 Å². The van der Waals surface area contributed by atoms with Gasteiger partial charge in [0.1, 0.15) is 0 Å². The molecule has 0 amide bonds. The summed E-state index contributed by atoms with van der Waals surface area (Å²) in [5, 5.41) is 0. The molecule has 5 aliphatic carbocycles. The lowest BCUT2D eigenvalue weighted by molar-refractivity contribution is 0.714. The van der Waals surface area contributed by atoms with E-state index in [1.54, 1.807) is 0 Å². The van der Waals surface area contributed by atoms with Crippen LogP contribution >= 0.6 is 0 Å². The van der Waals surface area contributed by atoms with E-state index < -0.39 is 0 Å². The maximum atomic E-state index is 5.35. The normalized spacial score (nSPS) is 15.2. The van der Waals surface area contributed by atoms with Crippen molar-refractivity contribution in [3.63, 3.8) is 0 Å². The Morgan fingerprint density at radius 2 is 0.639 bits per heavy atom. The largest absolute Gasteiger partial charge is 0.244 e. The first kappa shape index (κ1) is 39.8. The molecule has 10 aromatic carbocycles. The maximum Gasteiger partial charge on any atom is 0.0973 e. The molecule has 16 rings (SSSR count). The van der Waals surface area contributed by atoms with Gasteiger partial charge in [-0.1, -0.05) is 218 Å². The Morgan fingerprint density at radius 1 is 0.292 bits per heavy atom. The highest BCUT2D eigenvalue weighted by Crippen LogP contribution is 2.65. The average Bonchev–Trinajstić information content (AvgIpc) is 4.14. The van der Waals surface area contributed by atoms with E-state index >= 15 is 0 Å². The molecule has 334 valence electrons. The Balaban J connectivity index is 0.781. The highest BCUT2D eigenvalue weighted by atomic mass is 14.8. The third-order valence-corrected chi connectivity index (χ3v) is 16.8. The van der Waals surface area contributed by atoms with Crippen LogP contribution < -0.4 is 0 Å². The van der Waals surface area contributed by atoms with Crippen LogP contribution in [0.4, 0.5) is 0 Å². The van der Waals surface area contributed by atoms with Crippen molar-refractivity contribution in [1.29, 1.82) is 0 Å². The number of rotatable bonds is 4. The van der Waals surface area contributed by atoms with Crippen molar-refractivity contribution in [2.45, 2.75) is 23.7 Å². The Kier molecular flexibility index (Phi) is 8.17. The molecule has 2 nitrogen and oxygen atoms in total. The fraction of sp³-hybridized carbons (Fsp3) is 0.0571. The lowest BCUT2D eigenvalue weighted by atomic mass is 9.68. The lowest BCUT2D eigenvalue weighted by Gasteiger charge is -2.33. The highest BCUT2D eigenvalue weighted by Gasteiger charge is 2.53. The molecule has 0 fully saturated rings. The third kappa shape index (κ3) is 5.18. The number of allylic oxidation sites excluding steroid dienone is 4. The van der Waals surface area contributed by atoms with Crippen molar-refractivity contribution in [2.24, 2.45) is 0 Å².